The predicted octanol–water partition coefficient (Wildman–Crippen LogP) is 4.76. The first-order valence-corrected chi connectivity index (χ1v) is 9.00. The highest BCUT2D eigenvalue weighted by molar-refractivity contribution is 4.90. The summed E-state index contributed by atoms with van der Waals surface area (Å²) in [5, 5.41) is 4.07. The van der Waals surface area contributed by atoms with Crippen molar-refractivity contribution in [3.05, 3.63) is 0 Å². The normalized spacial score (nSPS) is 47.7. The standard InChI is InChI=1S/C18H33N/c1-13-6-5-9-18(14(13)2)19-17-11-10-15-7-3-4-8-16(15)12-17/h13-19H,3-12H2,1-2H3. The van der Waals surface area contributed by atoms with Crippen LogP contribution in [0.3, 0.4) is 0 Å². The van der Waals surface area contributed by atoms with E-state index >= 15 is 0 Å². The van der Waals surface area contributed by atoms with Crippen LogP contribution in [0.15, 0.2) is 0 Å². The van der Waals surface area contributed by atoms with E-state index in [2.05, 4.69) is 19.2 Å². The first-order chi connectivity index (χ1) is 9.24. The van der Waals surface area contributed by atoms with E-state index in [1.165, 1.54) is 64.2 Å². The van der Waals surface area contributed by atoms with Gasteiger partial charge < -0.3 is 5.32 Å². The van der Waals surface area contributed by atoms with Crippen molar-refractivity contribution in [1.82, 2.24) is 5.32 Å². The molecule has 0 radical (unpaired) electrons. The summed E-state index contributed by atoms with van der Waals surface area (Å²) in [4.78, 5) is 0. The Morgan fingerprint density at radius 1 is 0.737 bits per heavy atom. The minimum atomic E-state index is 0.814. The summed E-state index contributed by atoms with van der Waals surface area (Å²) in [6.07, 6.45) is 14.9. The van der Waals surface area contributed by atoms with Crippen molar-refractivity contribution in [1.29, 1.82) is 0 Å². The fraction of sp³-hybridized carbons (Fsp3) is 1.00. The smallest absolute Gasteiger partial charge is 0.00978 e. The first kappa shape index (κ1) is 13.9. The fourth-order valence-corrected chi connectivity index (χ4v) is 5.14. The van der Waals surface area contributed by atoms with Gasteiger partial charge in [0, 0.05) is 12.1 Å². The molecule has 110 valence electrons. The van der Waals surface area contributed by atoms with Crippen LogP contribution in [0.2, 0.25) is 0 Å². The molecule has 3 saturated carbocycles. The van der Waals surface area contributed by atoms with Crippen LogP contribution >= 0.6 is 0 Å². The molecule has 0 amide bonds. The zero-order valence-electron chi connectivity index (χ0n) is 13.0. The number of hydrogen-bond donors (Lipinski definition) is 1. The zero-order chi connectivity index (χ0) is 13.2. The summed E-state index contributed by atoms with van der Waals surface area (Å²) in [5.41, 5.74) is 0. The Morgan fingerprint density at radius 3 is 2.37 bits per heavy atom. The minimum absolute atomic E-state index is 0.814. The van der Waals surface area contributed by atoms with Gasteiger partial charge in [-0.3, -0.25) is 0 Å². The fourth-order valence-electron chi connectivity index (χ4n) is 5.14. The number of nitrogens with one attached hydrogen (secondary N) is 1. The van der Waals surface area contributed by atoms with Crippen molar-refractivity contribution in [2.75, 3.05) is 0 Å². The van der Waals surface area contributed by atoms with E-state index in [1.807, 2.05) is 0 Å². The first-order valence-electron chi connectivity index (χ1n) is 9.00. The van der Waals surface area contributed by atoms with E-state index in [1.54, 1.807) is 0 Å². The van der Waals surface area contributed by atoms with Gasteiger partial charge in [-0.15, -0.1) is 0 Å². The Morgan fingerprint density at radius 2 is 1.53 bits per heavy atom. The molecular weight excluding hydrogens is 230 g/mol. The van der Waals surface area contributed by atoms with Crippen molar-refractivity contribution in [2.24, 2.45) is 23.7 Å². The van der Waals surface area contributed by atoms with E-state index < -0.39 is 0 Å². The van der Waals surface area contributed by atoms with Gasteiger partial charge in [0.25, 0.3) is 0 Å². The molecule has 3 aliphatic rings. The van der Waals surface area contributed by atoms with E-state index in [-0.39, 0.29) is 0 Å². The van der Waals surface area contributed by atoms with Gasteiger partial charge in [0.15, 0.2) is 0 Å². The maximum absolute atomic E-state index is 4.07. The van der Waals surface area contributed by atoms with Crippen LogP contribution in [0.1, 0.15) is 78.1 Å². The van der Waals surface area contributed by atoms with Crippen LogP contribution in [0.4, 0.5) is 0 Å². The van der Waals surface area contributed by atoms with Crippen LogP contribution in [-0.4, -0.2) is 12.1 Å². The van der Waals surface area contributed by atoms with Gasteiger partial charge in [0.1, 0.15) is 0 Å². The van der Waals surface area contributed by atoms with Gasteiger partial charge in [-0.1, -0.05) is 52.4 Å². The average Bonchev–Trinajstić information content (AvgIpc) is 2.44. The molecule has 0 aromatic carbocycles. The Labute approximate surface area is 119 Å². The third-order valence-electron chi connectivity index (χ3n) is 6.70. The Kier molecular flexibility index (Phi) is 4.51. The molecule has 1 N–H and O–H groups in total. The number of hydrogen-bond acceptors (Lipinski definition) is 1. The molecular formula is C18H33N. The van der Waals surface area contributed by atoms with Crippen LogP contribution in [0.25, 0.3) is 0 Å². The summed E-state index contributed by atoms with van der Waals surface area (Å²) in [6, 6.07) is 1.66. The van der Waals surface area contributed by atoms with Gasteiger partial charge >= 0.3 is 0 Å². The summed E-state index contributed by atoms with van der Waals surface area (Å²) >= 11 is 0. The van der Waals surface area contributed by atoms with Crippen molar-refractivity contribution in [2.45, 2.75) is 90.1 Å². The van der Waals surface area contributed by atoms with Crippen LogP contribution in [0, 0.1) is 23.7 Å². The van der Waals surface area contributed by atoms with Gasteiger partial charge in [-0.25, -0.2) is 0 Å². The molecule has 3 rings (SSSR count). The highest BCUT2D eigenvalue weighted by Crippen LogP contribution is 2.41. The zero-order valence-corrected chi connectivity index (χ0v) is 13.0. The molecule has 19 heavy (non-hydrogen) atoms. The molecule has 0 spiro atoms. The van der Waals surface area contributed by atoms with Crippen molar-refractivity contribution < 1.29 is 0 Å². The predicted molar refractivity (Wildman–Crippen MR) is 82.2 cm³/mol. The minimum Gasteiger partial charge on any atom is -0.311 e. The largest absolute Gasteiger partial charge is 0.311 e. The maximum Gasteiger partial charge on any atom is 0.00978 e. The summed E-state index contributed by atoms with van der Waals surface area (Å²) in [7, 11) is 0. The lowest BCUT2D eigenvalue weighted by atomic mass is 9.69. The molecule has 3 aliphatic carbocycles. The van der Waals surface area contributed by atoms with E-state index in [0.717, 1.165) is 35.8 Å². The van der Waals surface area contributed by atoms with Crippen molar-refractivity contribution >= 4 is 0 Å². The molecule has 0 bridgehead atoms. The second-order valence-corrected chi connectivity index (χ2v) is 7.86. The highest BCUT2D eigenvalue weighted by Gasteiger charge is 2.34. The number of fused-ring (bicyclic) bond motifs is 1. The molecule has 3 fully saturated rings. The third-order valence-corrected chi connectivity index (χ3v) is 6.70. The monoisotopic (exact) mass is 263 g/mol. The second kappa shape index (κ2) is 6.16. The van der Waals surface area contributed by atoms with E-state index in [4.69, 9.17) is 0 Å². The van der Waals surface area contributed by atoms with Crippen molar-refractivity contribution in [3.8, 4) is 0 Å². The van der Waals surface area contributed by atoms with Crippen LogP contribution < -0.4 is 5.32 Å². The molecule has 6 unspecified atom stereocenters. The SMILES string of the molecule is CC1CCCC(NC2CCC3CCCCC3C2)C1C. The average molecular weight is 263 g/mol. The summed E-state index contributed by atoms with van der Waals surface area (Å²) in [5.74, 6) is 3.97. The third kappa shape index (κ3) is 3.17. The lowest BCUT2D eigenvalue weighted by Crippen LogP contribution is -2.48. The van der Waals surface area contributed by atoms with E-state index in [0.29, 0.717) is 0 Å². The molecule has 0 aromatic rings. The highest BCUT2D eigenvalue weighted by atomic mass is 15.0. The topological polar surface area (TPSA) is 12.0 Å². The Bertz CT molecular complexity index is 287. The van der Waals surface area contributed by atoms with Crippen LogP contribution in [-0.2, 0) is 0 Å². The van der Waals surface area contributed by atoms with Gasteiger partial charge in [-0.05, 0) is 49.4 Å². The quantitative estimate of drug-likeness (QED) is 0.757. The Balaban J connectivity index is 1.52. The van der Waals surface area contributed by atoms with Gasteiger partial charge in [0.2, 0.25) is 0 Å². The molecule has 0 aromatic heterocycles. The molecule has 0 heterocycles. The molecule has 1 nitrogen and oxygen atoms in total. The second-order valence-electron chi connectivity index (χ2n) is 7.86. The Hall–Kier alpha value is -0.0400. The van der Waals surface area contributed by atoms with Crippen LogP contribution in [0.5, 0.6) is 0 Å². The summed E-state index contributed by atoms with van der Waals surface area (Å²) in [6.45, 7) is 4.93. The number of rotatable bonds is 2. The molecule has 6 atom stereocenters. The molecule has 0 saturated heterocycles. The van der Waals surface area contributed by atoms with Gasteiger partial charge in [-0.2, -0.15) is 0 Å². The molecule has 0 aliphatic heterocycles. The maximum atomic E-state index is 4.07. The van der Waals surface area contributed by atoms with Crippen molar-refractivity contribution in [3.63, 3.8) is 0 Å². The lowest BCUT2D eigenvalue weighted by molar-refractivity contribution is 0.118. The molecule has 1 heteroatoms. The summed E-state index contributed by atoms with van der Waals surface area (Å²) < 4.78 is 0. The van der Waals surface area contributed by atoms with E-state index in [9.17, 15) is 0 Å². The lowest BCUT2D eigenvalue weighted by Gasteiger charge is -2.43. The van der Waals surface area contributed by atoms with Gasteiger partial charge in [0.05, 0.1) is 0 Å².